The SMILES string of the molecule is C/C=C(/C)C(=O)O[C@@H]1[C@H](O)[C@@H](O)[C@H](O[C@H]2[C@@H](OC(=O)/C(C)=C\C)[C@@H](C)O[C@@H](Oc3c(C(C)C)ccc(C)c3O)[C@@H]2OC(=O)/C(C)=C\C)O[C@@H]1C. The Morgan fingerprint density at radius 1 is 0.720 bits per heavy atom. The van der Waals surface area contributed by atoms with Gasteiger partial charge >= 0.3 is 17.9 Å². The zero-order chi connectivity index (χ0) is 37.6. The molecule has 10 atom stereocenters. The number of carbonyl (C=O) groups is 3. The summed E-state index contributed by atoms with van der Waals surface area (Å²) in [6.45, 7) is 18.3. The third kappa shape index (κ3) is 9.12. The number of esters is 3. The van der Waals surface area contributed by atoms with Crippen LogP contribution in [0.2, 0.25) is 0 Å². The lowest BCUT2D eigenvalue weighted by atomic mass is 9.96. The molecule has 2 saturated heterocycles. The molecule has 278 valence electrons. The second-order valence-corrected chi connectivity index (χ2v) is 12.9. The molecule has 0 aliphatic carbocycles. The molecule has 0 saturated carbocycles. The van der Waals surface area contributed by atoms with Crippen molar-refractivity contribution in [1.82, 2.24) is 0 Å². The van der Waals surface area contributed by atoms with Crippen molar-refractivity contribution in [3.63, 3.8) is 0 Å². The van der Waals surface area contributed by atoms with E-state index in [1.54, 1.807) is 85.8 Å². The predicted molar refractivity (Wildman–Crippen MR) is 181 cm³/mol. The van der Waals surface area contributed by atoms with Gasteiger partial charge in [-0.1, -0.05) is 44.2 Å². The van der Waals surface area contributed by atoms with E-state index in [2.05, 4.69) is 0 Å². The summed E-state index contributed by atoms with van der Waals surface area (Å²) in [5, 5.41) is 33.5. The number of ether oxygens (including phenoxy) is 7. The Balaban J connectivity index is 2.12. The number of phenolic OH excluding ortho intramolecular Hbond substituents is 1. The summed E-state index contributed by atoms with van der Waals surface area (Å²) in [6, 6.07) is 3.55. The monoisotopic (exact) mass is 704 g/mol. The predicted octanol–water partition coefficient (Wildman–Crippen LogP) is 4.43. The highest BCUT2D eigenvalue weighted by Gasteiger charge is 2.55. The van der Waals surface area contributed by atoms with E-state index in [0.717, 1.165) is 0 Å². The maximum Gasteiger partial charge on any atom is 0.333 e. The van der Waals surface area contributed by atoms with Gasteiger partial charge in [-0.25, -0.2) is 14.4 Å². The van der Waals surface area contributed by atoms with Crippen LogP contribution in [0.4, 0.5) is 0 Å². The van der Waals surface area contributed by atoms with Crippen molar-refractivity contribution < 1.29 is 62.9 Å². The number of phenols is 1. The molecule has 0 amide bonds. The Hall–Kier alpha value is -3.75. The van der Waals surface area contributed by atoms with E-state index < -0.39 is 79.3 Å². The number of allylic oxidation sites excluding steroid dienone is 3. The molecule has 3 rings (SSSR count). The van der Waals surface area contributed by atoms with Crippen LogP contribution in [-0.2, 0) is 42.8 Å². The Kier molecular flexibility index (Phi) is 14.2. The van der Waals surface area contributed by atoms with Crippen molar-refractivity contribution in [2.24, 2.45) is 0 Å². The third-order valence-corrected chi connectivity index (χ3v) is 9.01. The van der Waals surface area contributed by atoms with E-state index in [9.17, 15) is 29.7 Å². The normalized spacial score (nSPS) is 30.9. The summed E-state index contributed by atoms with van der Waals surface area (Å²) < 4.78 is 42.1. The van der Waals surface area contributed by atoms with Crippen LogP contribution >= 0.6 is 0 Å². The van der Waals surface area contributed by atoms with Crippen LogP contribution in [0.5, 0.6) is 11.5 Å². The molecular weight excluding hydrogens is 652 g/mol. The number of carbonyl (C=O) groups excluding carboxylic acids is 3. The Morgan fingerprint density at radius 3 is 1.68 bits per heavy atom. The van der Waals surface area contributed by atoms with E-state index in [1.165, 1.54) is 6.92 Å². The molecule has 1 aromatic carbocycles. The fourth-order valence-electron chi connectivity index (χ4n) is 5.33. The van der Waals surface area contributed by atoms with Gasteiger partial charge in [-0.3, -0.25) is 0 Å². The zero-order valence-electron chi connectivity index (χ0n) is 30.7. The lowest BCUT2D eigenvalue weighted by Gasteiger charge is -2.47. The van der Waals surface area contributed by atoms with Crippen LogP contribution in [0, 0.1) is 6.92 Å². The molecule has 2 aliphatic rings. The van der Waals surface area contributed by atoms with Crippen LogP contribution in [0.15, 0.2) is 47.1 Å². The molecule has 0 unspecified atom stereocenters. The molecule has 2 fully saturated rings. The van der Waals surface area contributed by atoms with Crippen LogP contribution in [0.3, 0.4) is 0 Å². The van der Waals surface area contributed by atoms with E-state index in [1.807, 2.05) is 13.8 Å². The van der Waals surface area contributed by atoms with Crippen molar-refractivity contribution in [3.05, 3.63) is 58.2 Å². The summed E-state index contributed by atoms with van der Waals surface area (Å²) in [4.78, 5) is 39.0. The number of aryl methyl sites for hydroxylation is 1. The molecule has 0 aromatic heterocycles. The van der Waals surface area contributed by atoms with Gasteiger partial charge in [-0.05, 0) is 73.8 Å². The molecule has 0 bridgehead atoms. The molecule has 13 heteroatoms. The molecule has 2 aliphatic heterocycles. The van der Waals surface area contributed by atoms with Gasteiger partial charge in [-0.2, -0.15) is 0 Å². The van der Waals surface area contributed by atoms with Gasteiger partial charge in [0.2, 0.25) is 6.29 Å². The van der Waals surface area contributed by atoms with E-state index in [0.29, 0.717) is 16.7 Å². The van der Waals surface area contributed by atoms with Gasteiger partial charge in [0.25, 0.3) is 0 Å². The van der Waals surface area contributed by atoms with Gasteiger partial charge in [0.15, 0.2) is 36.1 Å². The zero-order valence-corrected chi connectivity index (χ0v) is 30.7. The molecule has 3 N–H and O–H groups in total. The smallest absolute Gasteiger partial charge is 0.333 e. The summed E-state index contributed by atoms with van der Waals surface area (Å²) in [7, 11) is 0. The van der Waals surface area contributed by atoms with Crippen molar-refractivity contribution >= 4 is 17.9 Å². The lowest BCUT2D eigenvalue weighted by molar-refractivity contribution is -0.348. The minimum atomic E-state index is -1.77. The molecule has 0 spiro atoms. The Morgan fingerprint density at radius 2 is 1.18 bits per heavy atom. The highest BCUT2D eigenvalue weighted by molar-refractivity contribution is 5.88. The average Bonchev–Trinajstić information content (AvgIpc) is 3.08. The maximum atomic E-state index is 13.3. The molecular formula is C37H52O13. The largest absolute Gasteiger partial charge is 0.504 e. The van der Waals surface area contributed by atoms with Crippen molar-refractivity contribution in [3.8, 4) is 11.5 Å². The molecule has 1 aromatic rings. The average molecular weight is 705 g/mol. The summed E-state index contributed by atoms with van der Waals surface area (Å²) in [5.74, 6) is -2.32. The van der Waals surface area contributed by atoms with Gasteiger partial charge in [0.05, 0.1) is 12.2 Å². The first-order chi connectivity index (χ1) is 23.5. The number of rotatable bonds is 11. The van der Waals surface area contributed by atoms with Crippen LogP contribution in [0.25, 0.3) is 0 Å². The maximum absolute atomic E-state index is 13.3. The van der Waals surface area contributed by atoms with Crippen molar-refractivity contribution in [1.29, 1.82) is 0 Å². The van der Waals surface area contributed by atoms with Crippen molar-refractivity contribution in [2.45, 2.75) is 143 Å². The topological polar surface area (TPSA) is 177 Å². The fourth-order valence-corrected chi connectivity index (χ4v) is 5.33. The molecule has 2 heterocycles. The number of hydrogen-bond acceptors (Lipinski definition) is 13. The number of aromatic hydroxyl groups is 1. The number of hydrogen-bond donors (Lipinski definition) is 3. The fraction of sp³-hybridized carbons (Fsp3) is 0.595. The van der Waals surface area contributed by atoms with Gasteiger partial charge < -0.3 is 48.5 Å². The van der Waals surface area contributed by atoms with Gasteiger partial charge in [0.1, 0.15) is 18.3 Å². The highest BCUT2D eigenvalue weighted by atomic mass is 16.8. The first-order valence-electron chi connectivity index (χ1n) is 16.8. The molecule has 0 radical (unpaired) electrons. The van der Waals surface area contributed by atoms with Gasteiger partial charge in [-0.15, -0.1) is 0 Å². The number of aliphatic hydroxyl groups is 2. The highest BCUT2D eigenvalue weighted by Crippen LogP contribution is 2.41. The van der Waals surface area contributed by atoms with E-state index in [-0.39, 0.29) is 28.6 Å². The lowest BCUT2D eigenvalue weighted by Crippen LogP contribution is -2.65. The van der Waals surface area contributed by atoms with Crippen molar-refractivity contribution in [2.75, 3.05) is 0 Å². The Bertz CT molecular complexity index is 1480. The second kappa shape index (κ2) is 17.5. The quantitative estimate of drug-likeness (QED) is 0.168. The summed E-state index contributed by atoms with van der Waals surface area (Å²) in [6.07, 6.45) is -9.21. The number of aliphatic hydroxyl groups excluding tert-OH is 2. The van der Waals surface area contributed by atoms with E-state index >= 15 is 0 Å². The summed E-state index contributed by atoms with van der Waals surface area (Å²) in [5.41, 5.74) is 1.97. The Labute approximate surface area is 293 Å². The standard InChI is InChI=1S/C37H52O13/c1-12-18(6)33(41)46-28-22(10)44-36(27(40)26(28)39)50-31-29(47-34(42)19(7)13-2)23(11)45-37(32(31)48-35(43)20(8)14-3)49-30-24(17(4)5)16-15-21(9)25(30)38/h12-17,22-23,26-29,31-32,36-40H,1-11H3/b18-12-,19-13-,20-14-/t22-,23-,26-,27-,28+,29+,31+,32-,36+,37+/m1/s1. The summed E-state index contributed by atoms with van der Waals surface area (Å²) >= 11 is 0. The first kappa shape index (κ1) is 40.7. The van der Waals surface area contributed by atoms with Crippen LogP contribution < -0.4 is 4.74 Å². The third-order valence-electron chi connectivity index (χ3n) is 9.01. The first-order valence-corrected chi connectivity index (χ1v) is 16.8. The number of benzene rings is 1. The van der Waals surface area contributed by atoms with Crippen LogP contribution in [-0.4, -0.2) is 94.6 Å². The molecule has 50 heavy (non-hydrogen) atoms. The molecule has 13 nitrogen and oxygen atoms in total. The van der Waals surface area contributed by atoms with Gasteiger partial charge in [0, 0.05) is 22.3 Å². The minimum Gasteiger partial charge on any atom is -0.504 e. The minimum absolute atomic E-state index is 0.0963. The van der Waals surface area contributed by atoms with Crippen LogP contribution in [0.1, 0.15) is 86.3 Å². The van der Waals surface area contributed by atoms with E-state index in [4.69, 9.17) is 33.2 Å². The second-order valence-electron chi connectivity index (χ2n) is 12.9.